The van der Waals surface area contributed by atoms with E-state index in [1.54, 1.807) is 0 Å². The number of aliphatic carboxylic acids is 1. The zero-order chi connectivity index (χ0) is 19.0. The molecular weight excluding hydrogens is 366 g/mol. The van der Waals surface area contributed by atoms with Crippen LogP contribution in [0, 0.1) is 6.92 Å². The number of aryl methyl sites for hydroxylation is 1. The topological polar surface area (TPSA) is 100 Å². The molecule has 3 heterocycles. The zero-order valence-corrected chi connectivity index (χ0v) is 16.0. The second-order valence-electron chi connectivity index (χ2n) is 7.20. The number of likely N-dealkylation sites (tertiary alicyclic amines) is 1. The normalized spacial score (nSPS) is 20.3. The summed E-state index contributed by atoms with van der Waals surface area (Å²) in [7, 11) is 0. The number of anilines is 1. The molecule has 2 aromatic rings. The molecule has 1 aliphatic carbocycles. The molecule has 0 aromatic carbocycles. The van der Waals surface area contributed by atoms with Crippen LogP contribution in [0.3, 0.4) is 0 Å². The standard InChI is InChI=1S/C18H23N5O3S/c1-11-15(12-9-19-23(10-12)13-5-2-3-6-13)27-17(20-11)21-18(26)22-8-4-7-14(22)16(24)25/h9-10,13-14H,2-8H2,1H3,(H,24,25)(H,20,21,26)/t14-/m0/s1. The Kier molecular flexibility index (Phi) is 4.86. The molecule has 2 aromatic heterocycles. The van der Waals surface area contributed by atoms with Gasteiger partial charge in [0.25, 0.3) is 0 Å². The lowest BCUT2D eigenvalue weighted by Gasteiger charge is -2.20. The summed E-state index contributed by atoms with van der Waals surface area (Å²) in [5.41, 5.74) is 1.83. The number of rotatable bonds is 4. The first kappa shape index (κ1) is 18.0. The largest absolute Gasteiger partial charge is 0.480 e. The van der Waals surface area contributed by atoms with Crippen molar-refractivity contribution in [2.75, 3.05) is 11.9 Å². The van der Waals surface area contributed by atoms with Gasteiger partial charge in [0, 0.05) is 18.3 Å². The molecule has 8 nitrogen and oxygen atoms in total. The molecular formula is C18H23N5O3S. The molecule has 0 radical (unpaired) electrons. The third-order valence-electron chi connectivity index (χ3n) is 5.37. The Morgan fingerprint density at radius 1 is 1.26 bits per heavy atom. The van der Waals surface area contributed by atoms with Crippen molar-refractivity contribution in [3.63, 3.8) is 0 Å². The van der Waals surface area contributed by atoms with Gasteiger partial charge in [0.2, 0.25) is 0 Å². The number of thiazole rings is 1. The minimum atomic E-state index is -0.960. The number of nitrogens with one attached hydrogen (secondary N) is 1. The van der Waals surface area contributed by atoms with Crippen molar-refractivity contribution >= 4 is 28.5 Å². The quantitative estimate of drug-likeness (QED) is 0.833. The van der Waals surface area contributed by atoms with E-state index in [1.807, 2.05) is 17.8 Å². The number of hydrogen-bond acceptors (Lipinski definition) is 5. The Morgan fingerprint density at radius 3 is 2.78 bits per heavy atom. The van der Waals surface area contributed by atoms with Gasteiger partial charge in [0.15, 0.2) is 5.13 Å². The SMILES string of the molecule is Cc1nc(NC(=O)N2CCC[C@H]2C(=O)O)sc1-c1cnn(C2CCCC2)c1. The van der Waals surface area contributed by atoms with Crippen LogP contribution in [0.2, 0.25) is 0 Å². The lowest BCUT2D eigenvalue weighted by molar-refractivity contribution is -0.141. The Morgan fingerprint density at radius 2 is 2.04 bits per heavy atom. The van der Waals surface area contributed by atoms with Gasteiger partial charge in [-0.05, 0) is 32.6 Å². The predicted octanol–water partition coefficient (Wildman–Crippen LogP) is 3.51. The van der Waals surface area contributed by atoms with Gasteiger partial charge in [-0.25, -0.2) is 14.6 Å². The van der Waals surface area contributed by atoms with Gasteiger partial charge in [-0.3, -0.25) is 10.00 Å². The predicted molar refractivity (Wildman–Crippen MR) is 102 cm³/mol. The number of carboxylic acids is 1. The summed E-state index contributed by atoms with van der Waals surface area (Å²) < 4.78 is 2.04. The minimum absolute atomic E-state index is 0.401. The van der Waals surface area contributed by atoms with E-state index in [0.29, 0.717) is 30.6 Å². The van der Waals surface area contributed by atoms with Crippen LogP contribution < -0.4 is 5.32 Å². The maximum Gasteiger partial charge on any atom is 0.326 e. The van der Waals surface area contributed by atoms with E-state index < -0.39 is 18.0 Å². The lowest BCUT2D eigenvalue weighted by atomic mass is 10.2. The maximum absolute atomic E-state index is 12.5. The van der Waals surface area contributed by atoms with Crippen LogP contribution in [-0.4, -0.2) is 49.4 Å². The molecule has 2 fully saturated rings. The van der Waals surface area contributed by atoms with Crippen molar-refractivity contribution < 1.29 is 14.7 Å². The summed E-state index contributed by atoms with van der Waals surface area (Å²) in [6.45, 7) is 2.36. The van der Waals surface area contributed by atoms with Crippen LogP contribution in [0.4, 0.5) is 9.93 Å². The fourth-order valence-corrected chi connectivity index (χ4v) is 4.90. The molecule has 4 rings (SSSR count). The maximum atomic E-state index is 12.5. The third-order valence-corrected chi connectivity index (χ3v) is 6.49. The van der Waals surface area contributed by atoms with Crippen LogP contribution in [0.15, 0.2) is 12.4 Å². The first-order chi connectivity index (χ1) is 13.0. The van der Waals surface area contributed by atoms with Crippen molar-refractivity contribution in [3.05, 3.63) is 18.1 Å². The molecule has 1 aliphatic heterocycles. The number of nitrogens with zero attached hydrogens (tertiary/aromatic N) is 4. The highest BCUT2D eigenvalue weighted by Gasteiger charge is 2.34. The van der Waals surface area contributed by atoms with E-state index in [-0.39, 0.29) is 0 Å². The van der Waals surface area contributed by atoms with E-state index in [4.69, 9.17) is 0 Å². The average molecular weight is 389 g/mol. The molecule has 144 valence electrons. The Hall–Kier alpha value is -2.42. The average Bonchev–Trinajstić information content (AvgIpc) is 3.41. The molecule has 1 atom stereocenters. The molecule has 2 amide bonds. The van der Waals surface area contributed by atoms with Gasteiger partial charge in [0.05, 0.1) is 22.8 Å². The molecule has 2 aliphatic rings. The van der Waals surface area contributed by atoms with Gasteiger partial charge in [-0.2, -0.15) is 5.10 Å². The molecule has 0 bridgehead atoms. The summed E-state index contributed by atoms with van der Waals surface area (Å²) in [6.07, 6.45) is 9.95. The highest BCUT2D eigenvalue weighted by molar-refractivity contribution is 7.19. The second kappa shape index (κ2) is 7.30. The van der Waals surface area contributed by atoms with E-state index in [1.165, 1.54) is 41.9 Å². The molecule has 9 heteroatoms. The summed E-state index contributed by atoms with van der Waals surface area (Å²) >= 11 is 1.39. The van der Waals surface area contributed by atoms with Crippen molar-refractivity contribution in [3.8, 4) is 10.4 Å². The first-order valence-corrected chi connectivity index (χ1v) is 10.2. The van der Waals surface area contributed by atoms with Crippen LogP contribution >= 0.6 is 11.3 Å². The summed E-state index contributed by atoms with van der Waals surface area (Å²) in [5, 5.41) is 17.0. The second-order valence-corrected chi connectivity index (χ2v) is 8.20. The highest BCUT2D eigenvalue weighted by atomic mass is 32.1. The van der Waals surface area contributed by atoms with Crippen molar-refractivity contribution in [1.82, 2.24) is 19.7 Å². The number of carboxylic acid groups (broad SMARTS) is 1. The molecule has 0 unspecified atom stereocenters. The van der Waals surface area contributed by atoms with Gasteiger partial charge in [-0.1, -0.05) is 24.2 Å². The fraction of sp³-hybridized carbons (Fsp3) is 0.556. The smallest absolute Gasteiger partial charge is 0.326 e. The van der Waals surface area contributed by atoms with Crippen molar-refractivity contribution in [2.24, 2.45) is 0 Å². The fourth-order valence-electron chi connectivity index (χ4n) is 3.97. The van der Waals surface area contributed by atoms with E-state index in [9.17, 15) is 14.7 Å². The van der Waals surface area contributed by atoms with Crippen molar-refractivity contribution in [2.45, 2.75) is 57.5 Å². The van der Waals surface area contributed by atoms with Gasteiger partial charge in [-0.15, -0.1) is 0 Å². The van der Waals surface area contributed by atoms with Gasteiger partial charge in [0.1, 0.15) is 6.04 Å². The summed E-state index contributed by atoms with van der Waals surface area (Å²) in [5.74, 6) is -0.960. The number of carbonyl (C=O) groups excluding carboxylic acids is 1. The van der Waals surface area contributed by atoms with Crippen LogP contribution in [-0.2, 0) is 4.79 Å². The minimum Gasteiger partial charge on any atom is -0.480 e. The van der Waals surface area contributed by atoms with Crippen LogP contribution in [0.1, 0.15) is 50.3 Å². The number of urea groups is 1. The molecule has 1 saturated heterocycles. The first-order valence-electron chi connectivity index (χ1n) is 9.35. The Labute approximate surface area is 161 Å². The molecule has 0 spiro atoms. The Balaban J connectivity index is 1.48. The Bertz CT molecular complexity index is 855. The molecule has 1 saturated carbocycles. The zero-order valence-electron chi connectivity index (χ0n) is 15.2. The van der Waals surface area contributed by atoms with Crippen LogP contribution in [0.5, 0.6) is 0 Å². The molecule has 2 N–H and O–H groups in total. The van der Waals surface area contributed by atoms with E-state index >= 15 is 0 Å². The summed E-state index contributed by atoms with van der Waals surface area (Å²) in [4.78, 5) is 30.5. The monoisotopic (exact) mass is 389 g/mol. The van der Waals surface area contributed by atoms with Gasteiger partial charge >= 0.3 is 12.0 Å². The number of aromatic nitrogens is 3. The number of carbonyl (C=O) groups is 2. The number of amides is 2. The third kappa shape index (κ3) is 3.55. The van der Waals surface area contributed by atoms with Crippen molar-refractivity contribution in [1.29, 1.82) is 0 Å². The number of hydrogen-bond donors (Lipinski definition) is 2. The highest BCUT2D eigenvalue weighted by Crippen LogP contribution is 2.35. The van der Waals surface area contributed by atoms with Crippen LogP contribution in [0.25, 0.3) is 10.4 Å². The lowest BCUT2D eigenvalue weighted by Crippen LogP contribution is -2.42. The van der Waals surface area contributed by atoms with Gasteiger partial charge < -0.3 is 10.0 Å². The van der Waals surface area contributed by atoms with E-state index in [2.05, 4.69) is 21.6 Å². The van der Waals surface area contributed by atoms with E-state index in [0.717, 1.165) is 16.1 Å². The summed E-state index contributed by atoms with van der Waals surface area (Å²) in [6, 6.07) is -0.675. The molecule has 27 heavy (non-hydrogen) atoms.